The first kappa shape index (κ1) is 27.6. The summed E-state index contributed by atoms with van der Waals surface area (Å²) in [5.41, 5.74) is 1.80. The van der Waals surface area contributed by atoms with E-state index in [1.165, 1.54) is 6.08 Å². The number of hydrogen-bond donors (Lipinski definition) is 1. The van der Waals surface area contributed by atoms with Crippen molar-refractivity contribution in [3.8, 4) is 17.6 Å². The molecule has 0 atom stereocenters. The minimum absolute atomic E-state index is 0.112. The molecule has 4 rings (SSSR count). The van der Waals surface area contributed by atoms with Gasteiger partial charge in [-0.15, -0.1) is 0 Å². The summed E-state index contributed by atoms with van der Waals surface area (Å²) < 4.78 is 12.3. The Morgan fingerprint density at radius 1 is 1.13 bits per heavy atom. The minimum Gasteiger partial charge on any atom is -0.490 e. The summed E-state index contributed by atoms with van der Waals surface area (Å²) >= 11 is 21.2. The largest absolute Gasteiger partial charge is 0.490 e. The molecule has 1 N–H and O–H groups in total. The summed E-state index contributed by atoms with van der Waals surface area (Å²) in [5, 5.41) is 12.1. The Morgan fingerprint density at radius 2 is 1.89 bits per heavy atom. The Bertz CT molecular complexity index is 1540. The van der Waals surface area contributed by atoms with Crippen molar-refractivity contribution >= 4 is 80.0 Å². The van der Waals surface area contributed by atoms with E-state index < -0.39 is 11.8 Å². The summed E-state index contributed by atoms with van der Waals surface area (Å²) in [4.78, 5) is 27.3. The molecule has 0 bridgehead atoms. The molecule has 1 aliphatic rings. The molecule has 0 radical (unpaired) electrons. The number of nitrogens with zero attached hydrogens (tertiary/aromatic N) is 2. The van der Waals surface area contributed by atoms with Gasteiger partial charge in [0.15, 0.2) is 16.6 Å². The van der Waals surface area contributed by atoms with Crippen molar-refractivity contribution in [3.63, 3.8) is 0 Å². The highest BCUT2D eigenvalue weighted by molar-refractivity contribution is 9.10. The van der Waals surface area contributed by atoms with Gasteiger partial charge in [-0.05, 0) is 77.0 Å². The number of benzene rings is 3. The van der Waals surface area contributed by atoms with Crippen LogP contribution in [0.2, 0.25) is 10.0 Å². The van der Waals surface area contributed by atoms with Gasteiger partial charge in [-0.3, -0.25) is 19.8 Å². The van der Waals surface area contributed by atoms with E-state index in [-0.39, 0.29) is 33.0 Å². The monoisotopic (exact) mass is 629 g/mol. The molecule has 7 nitrogen and oxygen atoms in total. The predicted octanol–water partition coefficient (Wildman–Crippen LogP) is 6.44. The average Bonchev–Trinajstić information content (AvgIpc) is 2.89. The average molecular weight is 631 g/mol. The number of ether oxygens (including phenoxy) is 2. The first-order valence-corrected chi connectivity index (χ1v) is 13.1. The number of amides is 2. The van der Waals surface area contributed by atoms with Gasteiger partial charge >= 0.3 is 0 Å². The van der Waals surface area contributed by atoms with Gasteiger partial charge in [0.05, 0.1) is 38.4 Å². The summed E-state index contributed by atoms with van der Waals surface area (Å²) in [6.07, 6.45) is 1.42. The van der Waals surface area contributed by atoms with E-state index in [4.69, 9.17) is 44.9 Å². The van der Waals surface area contributed by atoms with Crippen LogP contribution in [-0.2, 0) is 16.2 Å². The van der Waals surface area contributed by atoms with Crippen molar-refractivity contribution in [2.45, 2.75) is 13.5 Å². The van der Waals surface area contributed by atoms with Crippen molar-refractivity contribution in [3.05, 3.63) is 91.4 Å². The lowest BCUT2D eigenvalue weighted by atomic mass is 10.1. The number of nitriles is 1. The Labute approximate surface area is 242 Å². The molecule has 2 amide bonds. The molecule has 3 aromatic rings. The molecule has 0 aromatic heterocycles. The third-order valence-electron chi connectivity index (χ3n) is 5.43. The van der Waals surface area contributed by atoms with Crippen molar-refractivity contribution in [2.75, 3.05) is 11.5 Å². The number of thiocarbonyl (C=S) groups is 1. The van der Waals surface area contributed by atoms with Crippen LogP contribution in [-0.4, -0.2) is 23.5 Å². The number of hydrogen-bond acceptors (Lipinski definition) is 6. The second-order valence-electron chi connectivity index (χ2n) is 7.85. The second kappa shape index (κ2) is 12.0. The van der Waals surface area contributed by atoms with Crippen LogP contribution in [0.1, 0.15) is 23.6 Å². The Kier molecular flexibility index (Phi) is 8.69. The van der Waals surface area contributed by atoms with E-state index in [1.807, 2.05) is 13.0 Å². The number of carbonyl (C=O) groups excluding carboxylic acids is 2. The summed E-state index contributed by atoms with van der Waals surface area (Å²) in [5.74, 6) is -0.519. The highest BCUT2D eigenvalue weighted by Crippen LogP contribution is 2.39. The topological polar surface area (TPSA) is 91.7 Å². The standard InChI is InChI=1S/C27H18BrCl2N3O4S/c1-2-36-22-12-15(11-19(28)24(22)37-14-17-7-4-3-6-16(17)13-31)10-18-25(34)32-27(38)33(26(18)35)21-9-5-8-20(29)23(21)30/h3-12H,2,14H2,1H3,(H,32,34,38)/b18-10+. The van der Waals surface area contributed by atoms with Gasteiger partial charge in [-0.1, -0.05) is 47.5 Å². The minimum atomic E-state index is -0.662. The van der Waals surface area contributed by atoms with Gasteiger partial charge in [0.1, 0.15) is 12.2 Å². The van der Waals surface area contributed by atoms with E-state index >= 15 is 0 Å². The fourth-order valence-electron chi connectivity index (χ4n) is 3.69. The lowest BCUT2D eigenvalue weighted by molar-refractivity contribution is -0.122. The molecule has 192 valence electrons. The SMILES string of the molecule is CCOc1cc(/C=C2\C(=O)NC(=S)N(c3cccc(Cl)c3Cl)C2=O)cc(Br)c1OCc1ccccc1C#N. The highest BCUT2D eigenvalue weighted by Gasteiger charge is 2.35. The molecule has 0 saturated carbocycles. The van der Waals surface area contributed by atoms with Crippen LogP contribution in [0.5, 0.6) is 11.5 Å². The zero-order valence-electron chi connectivity index (χ0n) is 19.8. The molecule has 0 spiro atoms. The molecule has 1 fully saturated rings. The van der Waals surface area contributed by atoms with Gasteiger partial charge in [-0.2, -0.15) is 5.26 Å². The predicted molar refractivity (Wildman–Crippen MR) is 153 cm³/mol. The Morgan fingerprint density at radius 3 is 2.63 bits per heavy atom. The molecule has 1 heterocycles. The third kappa shape index (κ3) is 5.69. The summed E-state index contributed by atoms with van der Waals surface area (Å²) in [7, 11) is 0. The molecule has 1 saturated heterocycles. The third-order valence-corrected chi connectivity index (χ3v) is 7.11. The summed E-state index contributed by atoms with van der Waals surface area (Å²) in [6.45, 7) is 2.29. The van der Waals surface area contributed by atoms with Crippen LogP contribution in [0.4, 0.5) is 5.69 Å². The molecule has 0 aliphatic carbocycles. The quantitative estimate of drug-likeness (QED) is 0.184. The van der Waals surface area contributed by atoms with Crippen molar-refractivity contribution in [1.29, 1.82) is 5.26 Å². The number of halogens is 3. The lowest BCUT2D eigenvalue weighted by Gasteiger charge is -2.29. The normalized spacial score (nSPS) is 14.3. The highest BCUT2D eigenvalue weighted by atomic mass is 79.9. The zero-order valence-corrected chi connectivity index (χ0v) is 23.7. The van der Waals surface area contributed by atoms with Crippen LogP contribution >= 0.6 is 51.3 Å². The van der Waals surface area contributed by atoms with Gasteiger partial charge in [0.25, 0.3) is 11.8 Å². The maximum absolute atomic E-state index is 13.4. The van der Waals surface area contributed by atoms with Crippen molar-refractivity contribution < 1.29 is 19.1 Å². The number of anilines is 1. The summed E-state index contributed by atoms with van der Waals surface area (Å²) in [6, 6.07) is 17.4. The van der Waals surface area contributed by atoms with E-state index in [2.05, 4.69) is 27.3 Å². The fraction of sp³-hybridized carbons (Fsp3) is 0.111. The molecule has 0 unspecified atom stereocenters. The van der Waals surface area contributed by atoms with Gasteiger partial charge in [0, 0.05) is 5.56 Å². The number of nitrogens with one attached hydrogen (secondary N) is 1. The molecule has 1 aliphatic heterocycles. The van der Waals surface area contributed by atoms with E-state index in [0.29, 0.717) is 33.7 Å². The Balaban J connectivity index is 1.69. The van der Waals surface area contributed by atoms with E-state index in [0.717, 1.165) is 10.5 Å². The fourth-order valence-corrected chi connectivity index (χ4v) is 4.92. The van der Waals surface area contributed by atoms with Crippen LogP contribution in [0, 0.1) is 11.3 Å². The molecule has 38 heavy (non-hydrogen) atoms. The van der Waals surface area contributed by atoms with Crippen LogP contribution < -0.4 is 19.7 Å². The second-order valence-corrected chi connectivity index (χ2v) is 9.88. The molecular weight excluding hydrogens is 613 g/mol. The number of rotatable bonds is 7. The van der Waals surface area contributed by atoms with Crippen LogP contribution in [0.15, 0.2) is 64.6 Å². The van der Waals surface area contributed by atoms with Crippen LogP contribution in [0.3, 0.4) is 0 Å². The first-order chi connectivity index (χ1) is 18.2. The first-order valence-electron chi connectivity index (χ1n) is 11.2. The van der Waals surface area contributed by atoms with Gasteiger partial charge < -0.3 is 9.47 Å². The van der Waals surface area contributed by atoms with Gasteiger partial charge in [-0.25, -0.2) is 0 Å². The van der Waals surface area contributed by atoms with Crippen molar-refractivity contribution in [2.24, 2.45) is 0 Å². The number of carbonyl (C=O) groups is 2. The molecule has 11 heteroatoms. The van der Waals surface area contributed by atoms with E-state index in [9.17, 15) is 14.9 Å². The van der Waals surface area contributed by atoms with Crippen LogP contribution in [0.25, 0.3) is 6.08 Å². The maximum atomic E-state index is 13.4. The molecule has 3 aromatic carbocycles. The maximum Gasteiger partial charge on any atom is 0.270 e. The van der Waals surface area contributed by atoms with Gasteiger partial charge in [0.2, 0.25) is 0 Å². The smallest absolute Gasteiger partial charge is 0.270 e. The van der Waals surface area contributed by atoms with Crippen molar-refractivity contribution in [1.82, 2.24) is 5.32 Å². The zero-order chi connectivity index (χ0) is 27.4. The lowest BCUT2D eigenvalue weighted by Crippen LogP contribution is -2.54. The van der Waals surface area contributed by atoms with E-state index in [1.54, 1.807) is 48.5 Å². The Hall–Kier alpha value is -3.42. The molecular formula is C27H18BrCl2N3O4S.